The van der Waals surface area contributed by atoms with E-state index in [1.165, 1.54) is 18.2 Å². The lowest BCUT2D eigenvalue weighted by atomic mass is 10.1. The van der Waals surface area contributed by atoms with E-state index >= 15 is 0 Å². The third-order valence-electron chi connectivity index (χ3n) is 1.72. The first-order valence-electron chi connectivity index (χ1n) is 3.79. The number of nitrogens with two attached hydrogens (primary N) is 1. The van der Waals surface area contributed by atoms with Gasteiger partial charge in [0, 0.05) is 24.4 Å². The number of nitro benzene ring substituents is 1. The molecule has 3 N–H and O–H groups in total. The first-order chi connectivity index (χ1) is 6.15. The van der Waals surface area contributed by atoms with Gasteiger partial charge in [0.1, 0.15) is 0 Å². The van der Waals surface area contributed by atoms with Gasteiger partial charge in [-0.05, 0) is 18.1 Å². The molecule has 70 valence electrons. The summed E-state index contributed by atoms with van der Waals surface area (Å²) in [7, 11) is 0. The Kier molecular flexibility index (Phi) is 2.81. The van der Waals surface area contributed by atoms with Crippen LogP contribution in [0.15, 0.2) is 18.2 Å². The van der Waals surface area contributed by atoms with Crippen LogP contribution in [0.25, 0.3) is 0 Å². The van der Waals surface area contributed by atoms with Gasteiger partial charge in [0.05, 0.1) is 4.92 Å². The molecule has 0 amide bonds. The summed E-state index contributed by atoms with van der Waals surface area (Å²) in [4.78, 5) is 9.89. The lowest BCUT2D eigenvalue weighted by molar-refractivity contribution is -0.384. The number of nitrogens with zero attached hydrogens (tertiary/aromatic N) is 1. The van der Waals surface area contributed by atoms with Gasteiger partial charge in [0.15, 0.2) is 0 Å². The van der Waals surface area contributed by atoms with Crippen LogP contribution in [0.4, 0.5) is 11.4 Å². The van der Waals surface area contributed by atoms with Gasteiger partial charge in [0.25, 0.3) is 5.69 Å². The highest BCUT2D eigenvalue weighted by molar-refractivity contribution is 5.52. The zero-order valence-corrected chi connectivity index (χ0v) is 6.93. The van der Waals surface area contributed by atoms with Crippen molar-refractivity contribution in [3.8, 4) is 0 Å². The maximum Gasteiger partial charge on any atom is 0.269 e. The van der Waals surface area contributed by atoms with Gasteiger partial charge in [-0.3, -0.25) is 10.1 Å². The van der Waals surface area contributed by atoms with E-state index in [4.69, 9.17) is 10.8 Å². The van der Waals surface area contributed by atoms with Crippen molar-refractivity contribution in [2.24, 2.45) is 0 Å². The van der Waals surface area contributed by atoms with E-state index in [0.29, 0.717) is 17.7 Å². The minimum atomic E-state index is -0.486. The molecule has 0 aromatic heterocycles. The predicted octanol–water partition coefficient (Wildman–Crippen LogP) is 0.712. The van der Waals surface area contributed by atoms with E-state index in [0.717, 1.165) is 0 Å². The lowest BCUT2D eigenvalue weighted by Crippen LogP contribution is -1.99. The molecule has 1 rings (SSSR count). The largest absolute Gasteiger partial charge is 0.398 e. The maximum atomic E-state index is 10.4. The molecule has 0 unspecified atom stereocenters. The quantitative estimate of drug-likeness (QED) is 0.409. The molecule has 1 aromatic rings. The van der Waals surface area contributed by atoms with Crippen LogP contribution < -0.4 is 5.73 Å². The standard InChI is InChI=1S/C8H10N2O3/c9-8-2-1-7(10(12)13)5-6(8)3-4-11/h1-2,5,11H,3-4,9H2. The summed E-state index contributed by atoms with van der Waals surface area (Å²) in [5.74, 6) is 0. The number of aliphatic hydroxyl groups excluding tert-OH is 1. The van der Waals surface area contributed by atoms with E-state index in [1.54, 1.807) is 0 Å². The molecule has 0 fully saturated rings. The summed E-state index contributed by atoms with van der Waals surface area (Å²) in [6.45, 7) is -0.0641. The minimum absolute atomic E-state index is 0.00218. The molecule has 13 heavy (non-hydrogen) atoms. The lowest BCUT2D eigenvalue weighted by Gasteiger charge is -2.02. The highest BCUT2D eigenvalue weighted by Crippen LogP contribution is 2.19. The highest BCUT2D eigenvalue weighted by Gasteiger charge is 2.08. The number of hydrogen-bond donors (Lipinski definition) is 2. The Balaban J connectivity index is 3.03. The van der Waals surface area contributed by atoms with Crippen molar-refractivity contribution in [2.75, 3.05) is 12.3 Å². The molecule has 0 bridgehead atoms. The monoisotopic (exact) mass is 182 g/mol. The number of nitro groups is 1. The van der Waals surface area contributed by atoms with Crippen molar-refractivity contribution in [3.63, 3.8) is 0 Å². The number of hydrogen-bond acceptors (Lipinski definition) is 4. The van der Waals surface area contributed by atoms with Crippen LogP contribution in [0, 0.1) is 10.1 Å². The van der Waals surface area contributed by atoms with Crippen molar-refractivity contribution in [1.29, 1.82) is 0 Å². The second-order valence-corrected chi connectivity index (χ2v) is 2.61. The first-order valence-corrected chi connectivity index (χ1v) is 3.79. The van der Waals surface area contributed by atoms with Crippen molar-refractivity contribution >= 4 is 11.4 Å². The number of nitrogen functional groups attached to an aromatic ring is 1. The maximum absolute atomic E-state index is 10.4. The summed E-state index contributed by atoms with van der Waals surface area (Å²) in [5.41, 5.74) is 6.62. The SMILES string of the molecule is Nc1ccc([N+](=O)[O-])cc1CCO. The second kappa shape index (κ2) is 3.86. The number of anilines is 1. The van der Waals surface area contributed by atoms with E-state index in [9.17, 15) is 10.1 Å². The van der Waals surface area contributed by atoms with Crippen LogP contribution in [-0.2, 0) is 6.42 Å². The van der Waals surface area contributed by atoms with Gasteiger partial charge < -0.3 is 10.8 Å². The van der Waals surface area contributed by atoms with Crippen LogP contribution in [0.3, 0.4) is 0 Å². The Bertz CT molecular complexity index is 325. The minimum Gasteiger partial charge on any atom is -0.398 e. The summed E-state index contributed by atoms with van der Waals surface area (Å²) in [5, 5.41) is 19.0. The smallest absolute Gasteiger partial charge is 0.269 e. The van der Waals surface area contributed by atoms with Gasteiger partial charge in [-0.2, -0.15) is 0 Å². The van der Waals surface area contributed by atoms with Gasteiger partial charge >= 0.3 is 0 Å². The third kappa shape index (κ3) is 2.16. The number of aliphatic hydroxyl groups is 1. The van der Waals surface area contributed by atoms with E-state index in [1.807, 2.05) is 0 Å². The Hall–Kier alpha value is -1.62. The molecule has 0 saturated heterocycles. The molecule has 5 heteroatoms. The van der Waals surface area contributed by atoms with E-state index in [-0.39, 0.29) is 12.3 Å². The van der Waals surface area contributed by atoms with Crippen molar-refractivity contribution in [3.05, 3.63) is 33.9 Å². The number of benzene rings is 1. The molecule has 0 aliphatic carbocycles. The summed E-state index contributed by atoms with van der Waals surface area (Å²) >= 11 is 0. The first kappa shape index (κ1) is 9.47. The summed E-state index contributed by atoms with van der Waals surface area (Å²) in [6, 6.07) is 4.20. The molecule has 0 aliphatic rings. The number of non-ortho nitro benzene ring substituents is 1. The highest BCUT2D eigenvalue weighted by atomic mass is 16.6. The number of rotatable bonds is 3. The Morgan fingerprint density at radius 1 is 1.54 bits per heavy atom. The average Bonchev–Trinajstić information content (AvgIpc) is 2.08. The fraction of sp³-hybridized carbons (Fsp3) is 0.250. The zero-order chi connectivity index (χ0) is 9.84. The fourth-order valence-corrected chi connectivity index (χ4v) is 1.04. The van der Waals surface area contributed by atoms with Crippen molar-refractivity contribution in [2.45, 2.75) is 6.42 Å². The topological polar surface area (TPSA) is 89.4 Å². The molecule has 0 saturated carbocycles. The predicted molar refractivity (Wildman–Crippen MR) is 48.3 cm³/mol. The Labute approximate surface area is 74.9 Å². The second-order valence-electron chi connectivity index (χ2n) is 2.61. The van der Waals surface area contributed by atoms with E-state index < -0.39 is 4.92 Å². The van der Waals surface area contributed by atoms with Gasteiger partial charge in [-0.1, -0.05) is 0 Å². The van der Waals surface area contributed by atoms with Gasteiger partial charge in [-0.25, -0.2) is 0 Å². The zero-order valence-electron chi connectivity index (χ0n) is 6.93. The van der Waals surface area contributed by atoms with Crippen LogP contribution in [0.5, 0.6) is 0 Å². The third-order valence-corrected chi connectivity index (χ3v) is 1.72. The molecule has 5 nitrogen and oxygen atoms in total. The molecule has 0 spiro atoms. The van der Waals surface area contributed by atoms with Crippen LogP contribution in [-0.4, -0.2) is 16.6 Å². The summed E-state index contributed by atoms with van der Waals surface area (Å²) in [6.07, 6.45) is 0.341. The molecule has 0 aliphatic heterocycles. The van der Waals surface area contributed by atoms with Gasteiger partial charge in [-0.15, -0.1) is 0 Å². The summed E-state index contributed by atoms with van der Waals surface area (Å²) < 4.78 is 0. The van der Waals surface area contributed by atoms with Crippen LogP contribution in [0.1, 0.15) is 5.56 Å². The average molecular weight is 182 g/mol. The fourth-order valence-electron chi connectivity index (χ4n) is 1.04. The molecule has 0 heterocycles. The van der Waals surface area contributed by atoms with Crippen LogP contribution >= 0.6 is 0 Å². The molecule has 1 aromatic carbocycles. The molecular formula is C8H10N2O3. The Morgan fingerprint density at radius 3 is 2.77 bits per heavy atom. The van der Waals surface area contributed by atoms with Crippen LogP contribution in [0.2, 0.25) is 0 Å². The molecule has 0 radical (unpaired) electrons. The van der Waals surface area contributed by atoms with E-state index in [2.05, 4.69) is 0 Å². The Morgan fingerprint density at radius 2 is 2.23 bits per heavy atom. The normalized spacial score (nSPS) is 9.92. The molecule has 0 atom stereocenters. The van der Waals surface area contributed by atoms with Gasteiger partial charge in [0.2, 0.25) is 0 Å². The molecular weight excluding hydrogens is 172 g/mol. The van der Waals surface area contributed by atoms with Crippen molar-refractivity contribution < 1.29 is 10.0 Å². The van der Waals surface area contributed by atoms with Crippen molar-refractivity contribution in [1.82, 2.24) is 0 Å².